The minimum atomic E-state index is 0.385. The molecule has 1 heterocycles. The van der Waals surface area contributed by atoms with Crippen LogP contribution in [0.25, 0.3) is 0 Å². The first-order chi connectivity index (χ1) is 14.5. The normalized spacial score (nSPS) is 19.9. The summed E-state index contributed by atoms with van der Waals surface area (Å²) in [5.74, 6) is 1.58. The van der Waals surface area contributed by atoms with Gasteiger partial charge in [0.15, 0.2) is 11.5 Å². The second-order valence-electron chi connectivity index (χ2n) is 6.90. The zero-order valence-electron chi connectivity index (χ0n) is 17.0. The SMILES string of the molecule is C=C/N=C1/C=C(OCCN2CCCC2)C(OC)=C/C1=C(/N)Nc1ccc(Cl)c(Cl)c1. The van der Waals surface area contributed by atoms with Crippen LogP contribution in [0, 0.1) is 0 Å². The molecule has 3 N–H and O–H groups in total. The Balaban J connectivity index is 1.80. The molecule has 0 unspecified atom stereocenters. The van der Waals surface area contributed by atoms with Crippen LogP contribution in [-0.4, -0.2) is 44.0 Å². The van der Waals surface area contributed by atoms with Gasteiger partial charge in [-0.15, -0.1) is 0 Å². The Hall–Kier alpha value is -2.41. The van der Waals surface area contributed by atoms with Crippen molar-refractivity contribution in [1.82, 2.24) is 4.90 Å². The molecule has 0 bridgehead atoms. The monoisotopic (exact) mass is 448 g/mol. The van der Waals surface area contributed by atoms with Crippen LogP contribution in [0.2, 0.25) is 10.0 Å². The molecule has 0 radical (unpaired) electrons. The lowest BCUT2D eigenvalue weighted by Gasteiger charge is -2.21. The number of benzene rings is 1. The van der Waals surface area contributed by atoms with E-state index in [1.807, 2.05) is 6.08 Å². The van der Waals surface area contributed by atoms with Crippen molar-refractivity contribution in [3.05, 3.63) is 76.1 Å². The highest BCUT2D eigenvalue weighted by Crippen LogP contribution is 2.28. The number of likely N-dealkylation sites (tertiary alicyclic amines) is 1. The van der Waals surface area contributed by atoms with Crippen LogP contribution in [0.15, 0.2) is 71.0 Å². The number of rotatable bonds is 8. The van der Waals surface area contributed by atoms with Crippen molar-refractivity contribution >= 4 is 34.6 Å². The van der Waals surface area contributed by atoms with Crippen molar-refractivity contribution in [1.29, 1.82) is 0 Å². The van der Waals surface area contributed by atoms with E-state index in [0.29, 0.717) is 51.0 Å². The third-order valence-electron chi connectivity index (χ3n) is 4.86. The highest BCUT2D eigenvalue weighted by Gasteiger charge is 2.21. The summed E-state index contributed by atoms with van der Waals surface area (Å²) in [5.41, 5.74) is 8.31. The number of allylic oxidation sites excluding steroid dienone is 3. The van der Waals surface area contributed by atoms with Gasteiger partial charge in [0.25, 0.3) is 0 Å². The van der Waals surface area contributed by atoms with Gasteiger partial charge in [0.05, 0.1) is 22.9 Å². The van der Waals surface area contributed by atoms with Gasteiger partial charge in [-0.1, -0.05) is 29.8 Å². The highest BCUT2D eigenvalue weighted by atomic mass is 35.5. The quantitative estimate of drug-likeness (QED) is 0.602. The molecule has 2 aliphatic rings. The van der Waals surface area contributed by atoms with Gasteiger partial charge in [0, 0.05) is 30.1 Å². The average molecular weight is 449 g/mol. The Morgan fingerprint density at radius 3 is 2.67 bits per heavy atom. The second-order valence-corrected chi connectivity index (χ2v) is 7.71. The van der Waals surface area contributed by atoms with E-state index in [1.165, 1.54) is 19.0 Å². The molecule has 1 saturated heterocycles. The van der Waals surface area contributed by atoms with Crippen LogP contribution < -0.4 is 11.1 Å². The van der Waals surface area contributed by atoms with Crippen molar-refractivity contribution in [3.63, 3.8) is 0 Å². The van der Waals surface area contributed by atoms with Crippen LogP contribution in [0.1, 0.15) is 12.8 Å². The third-order valence-corrected chi connectivity index (χ3v) is 5.60. The molecule has 3 rings (SSSR count). The number of ether oxygens (including phenoxy) is 2. The zero-order chi connectivity index (χ0) is 21.5. The van der Waals surface area contributed by atoms with Gasteiger partial charge in [0.1, 0.15) is 12.4 Å². The molecule has 1 fully saturated rings. The van der Waals surface area contributed by atoms with Crippen LogP contribution in [-0.2, 0) is 9.47 Å². The van der Waals surface area contributed by atoms with Crippen LogP contribution >= 0.6 is 23.2 Å². The van der Waals surface area contributed by atoms with E-state index in [1.54, 1.807) is 31.4 Å². The number of hydrogen-bond acceptors (Lipinski definition) is 6. The molecular weight excluding hydrogens is 423 g/mol. The van der Waals surface area contributed by atoms with Crippen LogP contribution in [0.3, 0.4) is 0 Å². The van der Waals surface area contributed by atoms with Gasteiger partial charge >= 0.3 is 0 Å². The fraction of sp³-hybridized carbons (Fsp3) is 0.318. The Morgan fingerprint density at radius 1 is 1.23 bits per heavy atom. The summed E-state index contributed by atoms with van der Waals surface area (Å²) in [6, 6.07) is 5.19. The molecule has 0 amide bonds. The maximum absolute atomic E-state index is 6.33. The number of hydrogen-bond donors (Lipinski definition) is 2. The number of halogens is 2. The Morgan fingerprint density at radius 2 is 2.00 bits per heavy atom. The molecule has 0 atom stereocenters. The number of anilines is 1. The van der Waals surface area contributed by atoms with E-state index in [2.05, 4.69) is 21.8 Å². The molecule has 0 saturated carbocycles. The molecule has 1 aliphatic carbocycles. The van der Waals surface area contributed by atoms with Gasteiger partial charge in [0.2, 0.25) is 0 Å². The van der Waals surface area contributed by atoms with Crippen molar-refractivity contribution in [3.8, 4) is 0 Å². The minimum absolute atomic E-state index is 0.385. The third kappa shape index (κ3) is 5.59. The number of nitrogens with one attached hydrogen (secondary N) is 1. The summed E-state index contributed by atoms with van der Waals surface area (Å²) < 4.78 is 11.5. The summed E-state index contributed by atoms with van der Waals surface area (Å²) in [6.07, 6.45) is 7.57. The summed E-state index contributed by atoms with van der Waals surface area (Å²) in [6.45, 7) is 7.41. The van der Waals surface area contributed by atoms with E-state index in [0.717, 1.165) is 19.6 Å². The first-order valence-electron chi connectivity index (χ1n) is 9.75. The topological polar surface area (TPSA) is 72.1 Å². The molecule has 0 aromatic heterocycles. The first kappa shape index (κ1) is 22.3. The molecule has 6 nitrogen and oxygen atoms in total. The van der Waals surface area contributed by atoms with Crippen molar-refractivity contribution in [2.24, 2.45) is 10.7 Å². The predicted octanol–water partition coefficient (Wildman–Crippen LogP) is 4.70. The van der Waals surface area contributed by atoms with E-state index < -0.39 is 0 Å². The average Bonchev–Trinajstić information content (AvgIpc) is 3.24. The van der Waals surface area contributed by atoms with Crippen LogP contribution in [0.5, 0.6) is 0 Å². The number of nitrogens with zero attached hydrogens (tertiary/aromatic N) is 2. The maximum atomic E-state index is 6.33. The smallest absolute Gasteiger partial charge is 0.163 e. The molecule has 0 spiro atoms. The van der Waals surface area contributed by atoms with Gasteiger partial charge in [-0.25, -0.2) is 0 Å². The van der Waals surface area contributed by atoms with Gasteiger partial charge in [-0.05, 0) is 50.2 Å². The largest absolute Gasteiger partial charge is 0.493 e. The summed E-state index contributed by atoms with van der Waals surface area (Å²) in [7, 11) is 1.60. The zero-order valence-corrected chi connectivity index (χ0v) is 18.5. The Bertz CT molecular complexity index is 916. The molecule has 8 heteroatoms. The number of methoxy groups -OCH3 is 1. The number of aliphatic imine (C=N–C) groups is 1. The molecule has 1 aromatic rings. The Labute approximate surface area is 187 Å². The molecule has 1 aliphatic heterocycles. The lowest BCUT2D eigenvalue weighted by atomic mass is 10.0. The van der Waals surface area contributed by atoms with Crippen molar-refractivity contribution in [2.45, 2.75) is 12.8 Å². The first-order valence-corrected chi connectivity index (χ1v) is 10.5. The molecule has 30 heavy (non-hydrogen) atoms. The fourth-order valence-corrected chi connectivity index (χ4v) is 3.63. The van der Waals surface area contributed by atoms with Gasteiger partial charge in [-0.3, -0.25) is 9.89 Å². The van der Waals surface area contributed by atoms with Gasteiger partial charge < -0.3 is 20.5 Å². The van der Waals surface area contributed by atoms with E-state index >= 15 is 0 Å². The summed E-state index contributed by atoms with van der Waals surface area (Å²) in [4.78, 5) is 6.74. The predicted molar refractivity (Wildman–Crippen MR) is 124 cm³/mol. The maximum Gasteiger partial charge on any atom is 0.163 e. The van der Waals surface area contributed by atoms with Crippen molar-refractivity contribution < 1.29 is 9.47 Å². The second kappa shape index (κ2) is 10.6. The highest BCUT2D eigenvalue weighted by molar-refractivity contribution is 6.42. The standard InChI is InChI=1S/C22H26Cl2N4O2/c1-3-26-19-14-21(30-11-10-28-8-4-5-9-28)20(29-2)13-16(19)22(25)27-15-6-7-17(23)18(24)12-15/h3,6-7,12-14,27H,1,4-5,8-11,25H2,2H3/b22-16+,26-19-. The minimum Gasteiger partial charge on any atom is -0.493 e. The lowest BCUT2D eigenvalue weighted by molar-refractivity contribution is 0.150. The van der Waals surface area contributed by atoms with Crippen LogP contribution in [0.4, 0.5) is 5.69 Å². The Kier molecular flexibility index (Phi) is 7.85. The molecule has 1 aromatic carbocycles. The lowest BCUT2D eigenvalue weighted by Crippen LogP contribution is -2.25. The van der Waals surface area contributed by atoms with Crippen molar-refractivity contribution in [2.75, 3.05) is 38.7 Å². The number of nitrogens with two attached hydrogens (primary N) is 1. The van der Waals surface area contributed by atoms with E-state index in [-0.39, 0.29) is 0 Å². The van der Waals surface area contributed by atoms with E-state index in [4.69, 9.17) is 38.4 Å². The summed E-state index contributed by atoms with van der Waals surface area (Å²) in [5, 5.41) is 4.04. The van der Waals surface area contributed by atoms with Gasteiger partial charge in [-0.2, -0.15) is 0 Å². The molecule has 160 valence electrons. The fourth-order valence-electron chi connectivity index (χ4n) is 3.33. The van der Waals surface area contributed by atoms with E-state index in [9.17, 15) is 0 Å². The molecular formula is C22H26Cl2N4O2. The summed E-state index contributed by atoms with van der Waals surface area (Å²) >= 11 is 12.1.